The minimum Gasteiger partial charge on any atom is -0.507 e. The van der Waals surface area contributed by atoms with Crippen molar-refractivity contribution in [2.75, 3.05) is 31.1 Å². The molecule has 2 heterocycles. The number of benzene rings is 2. The van der Waals surface area contributed by atoms with E-state index in [1.807, 2.05) is 41.3 Å². The summed E-state index contributed by atoms with van der Waals surface area (Å²) >= 11 is 0. The molecule has 6 nitrogen and oxygen atoms in total. The lowest BCUT2D eigenvalue weighted by Gasteiger charge is -2.35. The maximum Gasteiger partial charge on any atom is 0.219 e. The number of piperazine rings is 1. The highest BCUT2D eigenvalue weighted by Gasteiger charge is 2.22. The number of para-hydroxylation sites is 2. The van der Waals surface area contributed by atoms with E-state index in [0.717, 1.165) is 29.8 Å². The summed E-state index contributed by atoms with van der Waals surface area (Å²) in [6.07, 6.45) is 0. The molecule has 0 radical (unpaired) electrons. The number of anilines is 1. The molecule has 0 unspecified atom stereocenters. The Bertz CT molecular complexity index is 965. The lowest BCUT2D eigenvalue weighted by atomic mass is 10.1. The number of hydrogen-bond donors (Lipinski definition) is 1. The molecule has 1 aliphatic heterocycles. The van der Waals surface area contributed by atoms with Gasteiger partial charge in [-0.15, -0.1) is 0 Å². The van der Waals surface area contributed by atoms with Gasteiger partial charge in [0.1, 0.15) is 11.6 Å². The van der Waals surface area contributed by atoms with E-state index in [2.05, 4.69) is 9.88 Å². The summed E-state index contributed by atoms with van der Waals surface area (Å²) in [4.78, 5) is 25.0. The van der Waals surface area contributed by atoms with Crippen LogP contribution in [0.1, 0.15) is 6.92 Å². The average molecular weight is 348 g/mol. The Kier molecular flexibility index (Phi) is 4.16. The zero-order valence-corrected chi connectivity index (χ0v) is 14.6. The van der Waals surface area contributed by atoms with Crippen LogP contribution in [-0.4, -0.2) is 52.1 Å². The predicted octanol–water partition coefficient (Wildman–Crippen LogP) is 2.67. The molecule has 0 aliphatic carbocycles. The summed E-state index contributed by atoms with van der Waals surface area (Å²) in [5.41, 5.74) is 1.45. The summed E-state index contributed by atoms with van der Waals surface area (Å²) in [5, 5.41) is 11.2. The smallest absolute Gasteiger partial charge is 0.219 e. The molecule has 1 saturated heterocycles. The lowest BCUT2D eigenvalue weighted by molar-refractivity contribution is -0.129. The van der Waals surface area contributed by atoms with Gasteiger partial charge in [0, 0.05) is 38.5 Å². The molecule has 1 aromatic heterocycles. The first-order chi connectivity index (χ1) is 12.6. The van der Waals surface area contributed by atoms with Gasteiger partial charge < -0.3 is 14.9 Å². The fourth-order valence-corrected chi connectivity index (χ4v) is 3.32. The van der Waals surface area contributed by atoms with Gasteiger partial charge in [-0.3, -0.25) is 4.79 Å². The van der Waals surface area contributed by atoms with Gasteiger partial charge in [-0.2, -0.15) is 0 Å². The van der Waals surface area contributed by atoms with E-state index in [1.165, 1.54) is 0 Å². The standard InChI is InChI=1S/C20H20N4O2/c1-14(25)23-10-12-24(13-11-23)20-15-6-2-4-8-17(15)21-19(22-20)16-7-3-5-9-18(16)26/h2-9,26H,10-13H2,1H3. The van der Waals surface area contributed by atoms with E-state index in [9.17, 15) is 9.90 Å². The number of aromatic nitrogens is 2. The highest BCUT2D eigenvalue weighted by Crippen LogP contribution is 2.31. The van der Waals surface area contributed by atoms with Gasteiger partial charge in [-0.05, 0) is 24.3 Å². The lowest BCUT2D eigenvalue weighted by Crippen LogP contribution is -2.48. The monoisotopic (exact) mass is 348 g/mol. The number of hydrogen-bond acceptors (Lipinski definition) is 5. The van der Waals surface area contributed by atoms with Gasteiger partial charge in [0.05, 0.1) is 11.1 Å². The van der Waals surface area contributed by atoms with E-state index in [1.54, 1.807) is 19.1 Å². The van der Waals surface area contributed by atoms with Crippen molar-refractivity contribution in [3.05, 3.63) is 48.5 Å². The molecule has 132 valence electrons. The summed E-state index contributed by atoms with van der Waals surface area (Å²) in [6, 6.07) is 15.0. The number of nitrogens with zero attached hydrogens (tertiary/aromatic N) is 4. The number of amides is 1. The van der Waals surface area contributed by atoms with Crippen LogP contribution in [0.2, 0.25) is 0 Å². The third-order valence-electron chi connectivity index (χ3n) is 4.75. The van der Waals surface area contributed by atoms with Crippen molar-refractivity contribution in [1.29, 1.82) is 0 Å². The highest BCUT2D eigenvalue weighted by atomic mass is 16.3. The molecular formula is C20H20N4O2. The van der Waals surface area contributed by atoms with E-state index in [0.29, 0.717) is 24.5 Å². The quantitative estimate of drug-likeness (QED) is 0.771. The molecule has 3 aromatic rings. The van der Waals surface area contributed by atoms with Crippen LogP contribution in [-0.2, 0) is 4.79 Å². The van der Waals surface area contributed by atoms with Gasteiger partial charge in [-0.1, -0.05) is 24.3 Å². The molecule has 4 rings (SSSR count). The second-order valence-corrected chi connectivity index (χ2v) is 6.40. The van der Waals surface area contributed by atoms with Crippen LogP contribution >= 0.6 is 0 Å². The van der Waals surface area contributed by atoms with Crippen molar-refractivity contribution < 1.29 is 9.90 Å². The number of aromatic hydroxyl groups is 1. The number of phenols is 1. The maximum atomic E-state index is 11.6. The minimum atomic E-state index is 0.104. The molecule has 0 spiro atoms. The molecule has 1 aliphatic rings. The molecule has 26 heavy (non-hydrogen) atoms. The Morgan fingerprint density at radius 2 is 1.65 bits per heavy atom. The highest BCUT2D eigenvalue weighted by molar-refractivity contribution is 5.91. The van der Waals surface area contributed by atoms with Crippen molar-refractivity contribution in [3.8, 4) is 17.1 Å². The Labute approximate surface area is 151 Å². The van der Waals surface area contributed by atoms with Crippen LogP contribution in [0.3, 0.4) is 0 Å². The van der Waals surface area contributed by atoms with E-state index in [-0.39, 0.29) is 11.7 Å². The van der Waals surface area contributed by atoms with E-state index in [4.69, 9.17) is 4.98 Å². The Morgan fingerprint density at radius 1 is 0.962 bits per heavy atom. The van der Waals surface area contributed by atoms with Crippen molar-refractivity contribution in [2.45, 2.75) is 6.92 Å². The first-order valence-corrected chi connectivity index (χ1v) is 8.69. The second-order valence-electron chi connectivity index (χ2n) is 6.40. The first kappa shape index (κ1) is 16.3. The van der Waals surface area contributed by atoms with E-state index < -0.39 is 0 Å². The number of rotatable bonds is 2. The third-order valence-corrected chi connectivity index (χ3v) is 4.75. The van der Waals surface area contributed by atoms with Crippen LogP contribution in [0.5, 0.6) is 5.75 Å². The molecule has 6 heteroatoms. The summed E-state index contributed by atoms with van der Waals surface area (Å²) in [5.74, 6) is 1.62. The molecule has 2 aromatic carbocycles. The molecular weight excluding hydrogens is 328 g/mol. The first-order valence-electron chi connectivity index (χ1n) is 8.69. The Hall–Kier alpha value is -3.15. The van der Waals surface area contributed by atoms with Crippen molar-refractivity contribution in [1.82, 2.24) is 14.9 Å². The molecule has 1 amide bonds. The van der Waals surface area contributed by atoms with Crippen molar-refractivity contribution in [2.24, 2.45) is 0 Å². The normalized spacial score (nSPS) is 14.7. The molecule has 0 bridgehead atoms. The second kappa shape index (κ2) is 6.63. The average Bonchev–Trinajstić information content (AvgIpc) is 2.67. The summed E-state index contributed by atoms with van der Waals surface area (Å²) in [6.45, 7) is 4.41. The maximum absolute atomic E-state index is 11.6. The largest absolute Gasteiger partial charge is 0.507 e. The number of carbonyl (C=O) groups excluding carboxylic acids is 1. The minimum absolute atomic E-state index is 0.104. The van der Waals surface area contributed by atoms with Crippen molar-refractivity contribution in [3.63, 3.8) is 0 Å². The fourth-order valence-electron chi connectivity index (χ4n) is 3.32. The van der Waals surface area contributed by atoms with E-state index >= 15 is 0 Å². The molecule has 0 saturated carbocycles. The SMILES string of the molecule is CC(=O)N1CCN(c2nc(-c3ccccc3O)nc3ccccc23)CC1. The zero-order valence-electron chi connectivity index (χ0n) is 14.6. The Balaban J connectivity index is 1.79. The topological polar surface area (TPSA) is 69.6 Å². The molecule has 1 fully saturated rings. The number of fused-ring (bicyclic) bond motifs is 1. The molecule has 0 atom stereocenters. The summed E-state index contributed by atoms with van der Waals surface area (Å²) < 4.78 is 0. The molecule has 1 N–H and O–H groups in total. The van der Waals surface area contributed by atoms with Crippen LogP contribution < -0.4 is 4.90 Å². The van der Waals surface area contributed by atoms with Crippen LogP contribution in [0.4, 0.5) is 5.82 Å². The van der Waals surface area contributed by atoms with Gasteiger partial charge >= 0.3 is 0 Å². The van der Waals surface area contributed by atoms with Crippen LogP contribution in [0, 0.1) is 0 Å². The number of phenolic OH excluding ortho intramolecular Hbond substituents is 1. The third kappa shape index (κ3) is 2.94. The van der Waals surface area contributed by atoms with Gasteiger partial charge in [-0.25, -0.2) is 9.97 Å². The van der Waals surface area contributed by atoms with Crippen molar-refractivity contribution >= 4 is 22.6 Å². The Morgan fingerprint density at radius 3 is 2.38 bits per heavy atom. The van der Waals surface area contributed by atoms with Crippen LogP contribution in [0.15, 0.2) is 48.5 Å². The predicted molar refractivity (Wildman–Crippen MR) is 101 cm³/mol. The van der Waals surface area contributed by atoms with Gasteiger partial charge in [0.2, 0.25) is 5.91 Å². The number of carbonyl (C=O) groups is 1. The van der Waals surface area contributed by atoms with Crippen LogP contribution in [0.25, 0.3) is 22.3 Å². The fraction of sp³-hybridized carbons (Fsp3) is 0.250. The zero-order chi connectivity index (χ0) is 18.1. The van der Waals surface area contributed by atoms with Gasteiger partial charge in [0.15, 0.2) is 5.82 Å². The summed E-state index contributed by atoms with van der Waals surface area (Å²) in [7, 11) is 0. The van der Waals surface area contributed by atoms with Gasteiger partial charge in [0.25, 0.3) is 0 Å².